The predicted octanol–water partition coefficient (Wildman–Crippen LogP) is -0.585. The number of anilines is 1. The van der Waals surface area contributed by atoms with Crippen LogP contribution in [0.3, 0.4) is 0 Å². The normalized spacial score (nSPS) is 9.62. The van der Waals surface area contributed by atoms with Crippen molar-refractivity contribution in [3.8, 4) is 0 Å². The highest BCUT2D eigenvalue weighted by Crippen LogP contribution is 1.92. The molecular formula is C4H7N3O. The van der Waals surface area contributed by atoms with E-state index in [1.54, 1.807) is 12.3 Å². The second-order valence-corrected chi connectivity index (χ2v) is 1.42. The maximum absolute atomic E-state index is 8.40. The van der Waals surface area contributed by atoms with Crippen molar-refractivity contribution in [1.29, 1.82) is 0 Å². The van der Waals surface area contributed by atoms with Gasteiger partial charge in [-0.2, -0.15) is 5.10 Å². The third-order valence-corrected chi connectivity index (χ3v) is 0.806. The Hall–Kier alpha value is -1.03. The van der Waals surface area contributed by atoms with Crippen molar-refractivity contribution in [2.24, 2.45) is 0 Å². The molecule has 0 spiro atoms. The molecule has 0 aliphatic rings. The highest BCUT2D eigenvalue weighted by atomic mass is 16.3. The predicted molar refractivity (Wildman–Crippen MR) is 28.9 cm³/mol. The van der Waals surface area contributed by atoms with Crippen LogP contribution in [0.15, 0.2) is 12.3 Å². The lowest BCUT2D eigenvalue weighted by Crippen LogP contribution is -1.97. The van der Waals surface area contributed by atoms with E-state index >= 15 is 0 Å². The van der Waals surface area contributed by atoms with Gasteiger partial charge in [-0.25, -0.2) is 4.68 Å². The minimum absolute atomic E-state index is 0.114. The summed E-state index contributed by atoms with van der Waals surface area (Å²) in [6.45, 7) is -0.114. The molecule has 44 valence electrons. The fourth-order valence-electron chi connectivity index (χ4n) is 0.456. The molecule has 0 aliphatic carbocycles. The molecule has 0 atom stereocenters. The zero-order valence-electron chi connectivity index (χ0n) is 4.28. The summed E-state index contributed by atoms with van der Waals surface area (Å²) >= 11 is 0. The molecule has 1 aromatic heterocycles. The lowest BCUT2D eigenvalue weighted by Gasteiger charge is -1.88. The molecule has 0 unspecified atom stereocenters. The van der Waals surface area contributed by atoms with E-state index in [4.69, 9.17) is 10.8 Å². The van der Waals surface area contributed by atoms with Gasteiger partial charge in [-0.3, -0.25) is 0 Å². The van der Waals surface area contributed by atoms with E-state index in [0.717, 1.165) is 0 Å². The van der Waals surface area contributed by atoms with Crippen molar-refractivity contribution >= 4 is 5.82 Å². The van der Waals surface area contributed by atoms with Crippen molar-refractivity contribution in [3.63, 3.8) is 0 Å². The number of hydrogen-bond acceptors (Lipinski definition) is 3. The molecule has 0 saturated heterocycles. The summed E-state index contributed by atoms with van der Waals surface area (Å²) in [6.07, 6.45) is 1.61. The van der Waals surface area contributed by atoms with Crippen LogP contribution in [0.2, 0.25) is 0 Å². The Bertz CT molecular complexity index is 172. The van der Waals surface area contributed by atoms with Crippen LogP contribution in [0.25, 0.3) is 0 Å². The molecule has 4 nitrogen and oxygen atoms in total. The van der Waals surface area contributed by atoms with Gasteiger partial charge in [0.05, 0.1) is 0 Å². The average molecular weight is 113 g/mol. The third kappa shape index (κ3) is 0.788. The number of aliphatic hydroxyl groups is 1. The van der Waals surface area contributed by atoms with E-state index in [0.29, 0.717) is 5.82 Å². The smallest absolute Gasteiger partial charge is 0.145 e. The molecule has 0 bridgehead atoms. The molecule has 0 radical (unpaired) electrons. The van der Waals surface area contributed by atoms with Crippen molar-refractivity contribution in [2.45, 2.75) is 6.73 Å². The van der Waals surface area contributed by atoms with Crippen molar-refractivity contribution in [3.05, 3.63) is 12.3 Å². The molecule has 0 fully saturated rings. The monoisotopic (exact) mass is 113 g/mol. The van der Waals surface area contributed by atoms with Gasteiger partial charge in [0, 0.05) is 12.3 Å². The summed E-state index contributed by atoms with van der Waals surface area (Å²) in [5.74, 6) is 0.430. The van der Waals surface area contributed by atoms with Crippen LogP contribution in [0.5, 0.6) is 0 Å². The molecule has 0 aromatic carbocycles. The Morgan fingerprint density at radius 1 is 1.88 bits per heavy atom. The molecular weight excluding hydrogens is 106 g/mol. The summed E-state index contributed by atoms with van der Waals surface area (Å²) in [6, 6.07) is 1.62. The number of aliphatic hydroxyl groups excluding tert-OH is 1. The van der Waals surface area contributed by atoms with Gasteiger partial charge in [0.25, 0.3) is 0 Å². The average Bonchev–Trinajstić information content (AvgIpc) is 2.14. The molecule has 0 aliphatic heterocycles. The zero-order valence-corrected chi connectivity index (χ0v) is 4.28. The molecule has 3 N–H and O–H groups in total. The van der Waals surface area contributed by atoms with Crippen LogP contribution in [0, 0.1) is 0 Å². The van der Waals surface area contributed by atoms with Crippen molar-refractivity contribution in [1.82, 2.24) is 9.78 Å². The van der Waals surface area contributed by atoms with Gasteiger partial charge in [0.2, 0.25) is 0 Å². The van der Waals surface area contributed by atoms with E-state index in [-0.39, 0.29) is 6.73 Å². The van der Waals surface area contributed by atoms with Crippen LogP contribution < -0.4 is 5.73 Å². The fourth-order valence-corrected chi connectivity index (χ4v) is 0.456. The largest absolute Gasteiger partial charge is 0.382 e. The second kappa shape index (κ2) is 1.83. The Balaban J connectivity index is 2.84. The Morgan fingerprint density at radius 2 is 2.62 bits per heavy atom. The Morgan fingerprint density at radius 3 is 2.88 bits per heavy atom. The van der Waals surface area contributed by atoms with Crippen LogP contribution >= 0.6 is 0 Å². The zero-order chi connectivity index (χ0) is 5.98. The third-order valence-electron chi connectivity index (χ3n) is 0.806. The second-order valence-electron chi connectivity index (χ2n) is 1.42. The number of rotatable bonds is 1. The number of nitrogens with zero attached hydrogens (tertiary/aromatic N) is 2. The van der Waals surface area contributed by atoms with Crippen LogP contribution in [0.4, 0.5) is 5.82 Å². The number of aromatic nitrogens is 2. The lowest BCUT2D eigenvalue weighted by molar-refractivity contribution is 0.195. The molecule has 1 rings (SSSR count). The quantitative estimate of drug-likeness (QED) is 0.512. The van der Waals surface area contributed by atoms with Gasteiger partial charge in [-0.15, -0.1) is 0 Å². The van der Waals surface area contributed by atoms with E-state index in [1.165, 1.54) is 4.68 Å². The van der Waals surface area contributed by atoms with Crippen molar-refractivity contribution in [2.75, 3.05) is 5.73 Å². The van der Waals surface area contributed by atoms with Crippen LogP contribution in [0.1, 0.15) is 0 Å². The molecule has 0 amide bonds. The van der Waals surface area contributed by atoms with Gasteiger partial charge < -0.3 is 10.8 Å². The van der Waals surface area contributed by atoms with Gasteiger partial charge in [-0.1, -0.05) is 0 Å². The first kappa shape index (κ1) is 5.11. The molecule has 1 heterocycles. The lowest BCUT2D eigenvalue weighted by atomic mass is 10.7. The number of nitrogens with two attached hydrogens (primary N) is 1. The first-order valence-corrected chi connectivity index (χ1v) is 2.22. The number of hydrogen-bond donors (Lipinski definition) is 2. The summed E-state index contributed by atoms with van der Waals surface area (Å²) in [5, 5.41) is 12.1. The first-order chi connectivity index (χ1) is 3.83. The minimum Gasteiger partial charge on any atom is -0.382 e. The van der Waals surface area contributed by atoms with Crippen LogP contribution in [-0.4, -0.2) is 14.9 Å². The van der Waals surface area contributed by atoms with Crippen LogP contribution in [-0.2, 0) is 6.73 Å². The SMILES string of the molecule is Nc1ccn(CO)n1. The maximum atomic E-state index is 8.40. The topological polar surface area (TPSA) is 64.1 Å². The van der Waals surface area contributed by atoms with Gasteiger partial charge in [0.1, 0.15) is 12.5 Å². The summed E-state index contributed by atoms with van der Waals surface area (Å²) in [4.78, 5) is 0. The highest BCUT2D eigenvalue weighted by molar-refractivity contribution is 5.23. The van der Waals surface area contributed by atoms with Crippen molar-refractivity contribution < 1.29 is 5.11 Å². The standard InChI is InChI=1S/C4H7N3O/c5-4-1-2-7(3-8)6-4/h1-2,8H,3H2,(H2,5,6). The fraction of sp³-hybridized carbons (Fsp3) is 0.250. The summed E-state index contributed by atoms with van der Waals surface area (Å²) in [5.41, 5.74) is 5.21. The highest BCUT2D eigenvalue weighted by Gasteiger charge is 1.87. The Kier molecular flexibility index (Phi) is 1.17. The maximum Gasteiger partial charge on any atom is 0.145 e. The van der Waals surface area contributed by atoms with Gasteiger partial charge in [-0.05, 0) is 0 Å². The molecule has 4 heteroatoms. The van der Waals surface area contributed by atoms with E-state index in [1.807, 2.05) is 0 Å². The summed E-state index contributed by atoms with van der Waals surface area (Å²) < 4.78 is 1.34. The molecule has 0 saturated carbocycles. The first-order valence-electron chi connectivity index (χ1n) is 2.22. The van der Waals surface area contributed by atoms with E-state index in [9.17, 15) is 0 Å². The summed E-state index contributed by atoms with van der Waals surface area (Å²) in [7, 11) is 0. The van der Waals surface area contributed by atoms with E-state index in [2.05, 4.69) is 5.10 Å². The number of nitrogen functional groups attached to an aromatic ring is 1. The van der Waals surface area contributed by atoms with Gasteiger partial charge in [0.15, 0.2) is 0 Å². The minimum atomic E-state index is -0.114. The Labute approximate surface area is 46.5 Å². The van der Waals surface area contributed by atoms with E-state index < -0.39 is 0 Å². The molecule has 1 aromatic rings. The molecule has 8 heavy (non-hydrogen) atoms. The van der Waals surface area contributed by atoms with Gasteiger partial charge >= 0.3 is 0 Å².